The topological polar surface area (TPSA) is 52.1 Å². The number of pyridine rings is 1. The van der Waals surface area contributed by atoms with Crippen molar-refractivity contribution in [3.05, 3.63) is 71.5 Å². The Morgan fingerprint density at radius 3 is 2.54 bits per heavy atom. The Hall–Kier alpha value is -2.53. The lowest BCUT2D eigenvalue weighted by Gasteiger charge is -2.24. The molecule has 0 aliphatic heterocycles. The molecule has 0 saturated heterocycles. The summed E-state index contributed by atoms with van der Waals surface area (Å²) in [6.45, 7) is 4.44. The zero-order chi connectivity index (χ0) is 17.0. The van der Waals surface area contributed by atoms with Crippen LogP contribution in [0.4, 0.5) is 0 Å². The van der Waals surface area contributed by atoms with Crippen molar-refractivity contribution in [3.63, 3.8) is 0 Å². The SMILES string of the molecule is CC(C)(COC(=O)c1cnc(-c2ccncc2)s1)c1ccccc1. The first kappa shape index (κ1) is 16.3. The van der Waals surface area contributed by atoms with Gasteiger partial charge in [0.25, 0.3) is 0 Å². The molecule has 0 aliphatic rings. The molecule has 0 aliphatic carbocycles. The van der Waals surface area contributed by atoms with Gasteiger partial charge < -0.3 is 4.74 Å². The second-order valence-corrected chi connectivity index (χ2v) is 7.12. The fraction of sp³-hybridized carbons (Fsp3) is 0.211. The molecule has 0 spiro atoms. The van der Waals surface area contributed by atoms with Gasteiger partial charge in [-0.15, -0.1) is 11.3 Å². The molecule has 0 bridgehead atoms. The van der Waals surface area contributed by atoms with Crippen LogP contribution in [0.15, 0.2) is 61.1 Å². The number of hydrogen-bond acceptors (Lipinski definition) is 5. The average Bonchev–Trinajstić information content (AvgIpc) is 3.11. The van der Waals surface area contributed by atoms with Crippen molar-refractivity contribution in [2.24, 2.45) is 0 Å². The molecule has 24 heavy (non-hydrogen) atoms. The van der Waals surface area contributed by atoms with Crippen LogP contribution in [0.3, 0.4) is 0 Å². The Morgan fingerprint density at radius 2 is 1.83 bits per heavy atom. The molecule has 5 heteroatoms. The van der Waals surface area contributed by atoms with Crippen molar-refractivity contribution in [2.75, 3.05) is 6.61 Å². The van der Waals surface area contributed by atoms with Crippen LogP contribution in [0.2, 0.25) is 0 Å². The van der Waals surface area contributed by atoms with Gasteiger partial charge in [0, 0.05) is 23.4 Å². The minimum absolute atomic E-state index is 0.241. The first-order valence-electron chi connectivity index (χ1n) is 7.65. The number of hydrogen-bond donors (Lipinski definition) is 0. The van der Waals surface area contributed by atoms with E-state index in [2.05, 4.69) is 23.8 Å². The molecule has 0 atom stereocenters. The molecule has 3 aromatic rings. The molecule has 0 radical (unpaired) electrons. The monoisotopic (exact) mass is 338 g/mol. The smallest absolute Gasteiger partial charge is 0.350 e. The van der Waals surface area contributed by atoms with Crippen LogP contribution in [-0.4, -0.2) is 22.5 Å². The summed E-state index contributed by atoms with van der Waals surface area (Å²) in [4.78, 5) is 21.1. The van der Waals surface area contributed by atoms with Crippen molar-refractivity contribution < 1.29 is 9.53 Å². The number of esters is 1. The van der Waals surface area contributed by atoms with Crippen molar-refractivity contribution in [2.45, 2.75) is 19.3 Å². The molecule has 1 aromatic carbocycles. The predicted molar refractivity (Wildman–Crippen MR) is 95.1 cm³/mol. The molecule has 3 rings (SSSR count). The highest BCUT2D eigenvalue weighted by molar-refractivity contribution is 7.16. The largest absolute Gasteiger partial charge is 0.461 e. The van der Waals surface area contributed by atoms with E-state index in [1.54, 1.807) is 18.6 Å². The van der Waals surface area contributed by atoms with Gasteiger partial charge in [0.05, 0.1) is 6.20 Å². The van der Waals surface area contributed by atoms with Gasteiger partial charge in [-0.2, -0.15) is 0 Å². The summed E-state index contributed by atoms with van der Waals surface area (Å²) < 4.78 is 5.52. The molecule has 2 aromatic heterocycles. The normalized spacial score (nSPS) is 11.2. The highest BCUT2D eigenvalue weighted by Crippen LogP contribution is 2.27. The van der Waals surface area contributed by atoms with E-state index in [-0.39, 0.29) is 11.4 Å². The summed E-state index contributed by atoms with van der Waals surface area (Å²) >= 11 is 1.33. The Balaban J connectivity index is 1.67. The summed E-state index contributed by atoms with van der Waals surface area (Å²) in [6.07, 6.45) is 4.98. The molecule has 0 amide bonds. The number of rotatable bonds is 5. The minimum Gasteiger partial charge on any atom is -0.461 e. The predicted octanol–water partition coefficient (Wildman–Crippen LogP) is 4.34. The van der Waals surface area contributed by atoms with E-state index in [0.29, 0.717) is 11.5 Å². The van der Waals surface area contributed by atoms with E-state index >= 15 is 0 Å². The average molecular weight is 338 g/mol. The highest BCUT2D eigenvalue weighted by atomic mass is 32.1. The minimum atomic E-state index is -0.336. The van der Waals surface area contributed by atoms with Crippen LogP contribution < -0.4 is 0 Å². The zero-order valence-corrected chi connectivity index (χ0v) is 14.4. The van der Waals surface area contributed by atoms with Gasteiger partial charge in [-0.1, -0.05) is 44.2 Å². The summed E-state index contributed by atoms with van der Waals surface area (Å²) in [5.74, 6) is -0.336. The third-order valence-electron chi connectivity index (χ3n) is 3.75. The summed E-state index contributed by atoms with van der Waals surface area (Å²) in [5, 5.41) is 0.784. The first-order chi connectivity index (χ1) is 11.6. The van der Waals surface area contributed by atoms with E-state index in [1.165, 1.54) is 11.3 Å². The Labute approximate surface area is 145 Å². The maximum Gasteiger partial charge on any atom is 0.350 e. The highest BCUT2D eigenvalue weighted by Gasteiger charge is 2.23. The third kappa shape index (κ3) is 3.68. The van der Waals surface area contributed by atoms with E-state index < -0.39 is 0 Å². The Morgan fingerprint density at radius 1 is 1.12 bits per heavy atom. The molecular formula is C19H18N2O2S. The molecule has 4 nitrogen and oxygen atoms in total. The Bertz CT molecular complexity index is 814. The fourth-order valence-corrected chi connectivity index (χ4v) is 3.10. The van der Waals surface area contributed by atoms with Gasteiger partial charge >= 0.3 is 5.97 Å². The van der Waals surface area contributed by atoms with E-state index in [1.807, 2.05) is 42.5 Å². The molecule has 0 saturated carbocycles. The second-order valence-electron chi connectivity index (χ2n) is 6.09. The maximum atomic E-state index is 12.3. The van der Waals surface area contributed by atoms with Crippen LogP contribution in [0, 0.1) is 0 Å². The van der Waals surface area contributed by atoms with Crippen LogP contribution in [0.5, 0.6) is 0 Å². The van der Waals surface area contributed by atoms with Crippen LogP contribution in [0.1, 0.15) is 29.1 Å². The number of carbonyl (C=O) groups excluding carboxylic acids is 1. The molecule has 0 unspecified atom stereocenters. The number of benzene rings is 1. The van der Waals surface area contributed by atoms with Crippen molar-refractivity contribution >= 4 is 17.3 Å². The number of ether oxygens (including phenoxy) is 1. The van der Waals surface area contributed by atoms with Crippen molar-refractivity contribution in [1.29, 1.82) is 0 Å². The zero-order valence-electron chi connectivity index (χ0n) is 13.6. The number of nitrogens with zero attached hydrogens (tertiary/aromatic N) is 2. The lowest BCUT2D eigenvalue weighted by molar-refractivity contribution is 0.0432. The summed E-state index contributed by atoms with van der Waals surface area (Å²) in [5.41, 5.74) is 1.84. The van der Waals surface area contributed by atoms with Gasteiger partial charge in [0.2, 0.25) is 0 Å². The quantitative estimate of drug-likeness (QED) is 0.649. The van der Waals surface area contributed by atoms with Gasteiger partial charge in [-0.3, -0.25) is 4.98 Å². The van der Waals surface area contributed by atoms with E-state index in [9.17, 15) is 4.79 Å². The molecule has 122 valence electrons. The standard InChI is InChI=1S/C19H18N2O2S/c1-19(2,15-6-4-3-5-7-15)13-23-18(22)16-12-21-17(24-16)14-8-10-20-11-9-14/h3-12H,13H2,1-2H3. The fourth-order valence-electron chi connectivity index (χ4n) is 2.29. The van der Waals surface area contributed by atoms with Gasteiger partial charge in [0.1, 0.15) is 16.5 Å². The molecule has 0 N–H and O–H groups in total. The molecule has 2 heterocycles. The van der Waals surface area contributed by atoms with Gasteiger partial charge in [-0.25, -0.2) is 9.78 Å². The number of aromatic nitrogens is 2. The summed E-state index contributed by atoms with van der Waals surface area (Å²) in [6, 6.07) is 13.8. The van der Waals surface area contributed by atoms with Crippen molar-refractivity contribution in [1.82, 2.24) is 9.97 Å². The van der Waals surface area contributed by atoms with E-state index in [0.717, 1.165) is 16.1 Å². The number of thiazole rings is 1. The maximum absolute atomic E-state index is 12.3. The third-order valence-corrected chi connectivity index (χ3v) is 4.78. The van der Waals surface area contributed by atoms with Gasteiger partial charge in [-0.05, 0) is 17.7 Å². The lowest BCUT2D eigenvalue weighted by atomic mass is 9.86. The molecular weight excluding hydrogens is 320 g/mol. The first-order valence-corrected chi connectivity index (χ1v) is 8.47. The number of carbonyl (C=O) groups is 1. The van der Waals surface area contributed by atoms with Crippen LogP contribution in [-0.2, 0) is 10.2 Å². The Kier molecular flexibility index (Phi) is 4.71. The lowest BCUT2D eigenvalue weighted by Crippen LogP contribution is -2.26. The van der Waals surface area contributed by atoms with Crippen molar-refractivity contribution in [3.8, 4) is 10.6 Å². The van der Waals surface area contributed by atoms with Crippen LogP contribution in [0.25, 0.3) is 10.6 Å². The van der Waals surface area contributed by atoms with Gasteiger partial charge in [0.15, 0.2) is 0 Å². The second kappa shape index (κ2) is 6.93. The molecule has 0 fully saturated rings. The van der Waals surface area contributed by atoms with E-state index in [4.69, 9.17) is 4.74 Å². The van der Waals surface area contributed by atoms with Crippen LogP contribution >= 0.6 is 11.3 Å². The summed E-state index contributed by atoms with van der Waals surface area (Å²) in [7, 11) is 0.